The lowest BCUT2D eigenvalue weighted by Gasteiger charge is -2.44. The quantitative estimate of drug-likeness (QED) is 0.764. The summed E-state index contributed by atoms with van der Waals surface area (Å²) in [6.07, 6.45) is 1.04. The lowest BCUT2D eigenvalue weighted by molar-refractivity contribution is 0.0270. The van der Waals surface area contributed by atoms with Crippen molar-refractivity contribution >= 4 is 5.91 Å². The number of nitrogens with zero attached hydrogens (tertiary/aromatic N) is 2. The van der Waals surface area contributed by atoms with E-state index in [0.717, 1.165) is 38.2 Å². The van der Waals surface area contributed by atoms with Crippen LogP contribution in [0.3, 0.4) is 0 Å². The largest absolute Gasteiger partial charge is 0.385 e. The van der Waals surface area contributed by atoms with Crippen LogP contribution in [0.2, 0.25) is 0 Å². The third-order valence-corrected chi connectivity index (χ3v) is 5.15. The molecule has 1 aromatic rings. The van der Waals surface area contributed by atoms with Crippen LogP contribution < -0.4 is 0 Å². The summed E-state index contributed by atoms with van der Waals surface area (Å²) in [5.41, 5.74) is 2.16. The standard InChI is InChI=1S/C21H34N2O2/c1-16-14-22(15-17(2)23(16)12-7-13-25-6)20(24)18-8-10-19(11-9-18)21(3,4)5/h8-11,16-17H,7,12-15H2,1-6H3. The summed E-state index contributed by atoms with van der Waals surface area (Å²) in [5, 5.41) is 0. The fourth-order valence-electron chi connectivity index (χ4n) is 3.65. The molecule has 0 saturated carbocycles. The highest BCUT2D eigenvalue weighted by molar-refractivity contribution is 5.94. The highest BCUT2D eigenvalue weighted by Crippen LogP contribution is 2.23. The number of carbonyl (C=O) groups is 1. The molecule has 2 rings (SSSR count). The van der Waals surface area contributed by atoms with Gasteiger partial charge in [0.25, 0.3) is 5.91 Å². The van der Waals surface area contributed by atoms with Gasteiger partial charge in [-0.15, -0.1) is 0 Å². The minimum Gasteiger partial charge on any atom is -0.385 e. The normalized spacial score (nSPS) is 22.2. The molecule has 140 valence electrons. The fraction of sp³-hybridized carbons (Fsp3) is 0.667. The van der Waals surface area contributed by atoms with Crippen molar-refractivity contribution in [3.05, 3.63) is 35.4 Å². The van der Waals surface area contributed by atoms with Crippen LogP contribution in [0.15, 0.2) is 24.3 Å². The highest BCUT2D eigenvalue weighted by atomic mass is 16.5. The molecule has 2 unspecified atom stereocenters. The molecule has 0 N–H and O–H groups in total. The number of piperazine rings is 1. The Bertz CT molecular complexity index is 550. The van der Waals surface area contributed by atoms with E-state index in [1.807, 2.05) is 17.0 Å². The molecule has 1 amide bonds. The molecule has 2 atom stereocenters. The van der Waals surface area contributed by atoms with E-state index < -0.39 is 0 Å². The van der Waals surface area contributed by atoms with Gasteiger partial charge in [-0.3, -0.25) is 9.69 Å². The van der Waals surface area contributed by atoms with Crippen molar-refractivity contribution in [2.24, 2.45) is 0 Å². The Morgan fingerprint density at radius 2 is 1.68 bits per heavy atom. The maximum atomic E-state index is 12.9. The van der Waals surface area contributed by atoms with Gasteiger partial charge in [0.1, 0.15) is 0 Å². The van der Waals surface area contributed by atoms with Gasteiger partial charge in [0, 0.05) is 51.0 Å². The van der Waals surface area contributed by atoms with E-state index in [0.29, 0.717) is 12.1 Å². The number of hydrogen-bond acceptors (Lipinski definition) is 3. The molecule has 4 heteroatoms. The summed E-state index contributed by atoms with van der Waals surface area (Å²) in [6, 6.07) is 8.87. The minimum absolute atomic E-state index is 0.110. The molecule has 0 aliphatic carbocycles. The predicted octanol–water partition coefficient (Wildman–Crippen LogP) is 3.56. The number of hydrogen-bond donors (Lipinski definition) is 0. The Kier molecular flexibility index (Phi) is 6.64. The Balaban J connectivity index is 2.01. The number of benzene rings is 1. The summed E-state index contributed by atoms with van der Waals surface area (Å²) < 4.78 is 5.16. The van der Waals surface area contributed by atoms with Gasteiger partial charge >= 0.3 is 0 Å². The Morgan fingerprint density at radius 3 is 2.16 bits per heavy atom. The zero-order valence-electron chi connectivity index (χ0n) is 16.7. The second-order valence-electron chi connectivity index (χ2n) is 8.32. The molecule has 0 aromatic heterocycles. The van der Waals surface area contributed by atoms with Crippen molar-refractivity contribution in [3.8, 4) is 0 Å². The van der Waals surface area contributed by atoms with Crippen LogP contribution in [0.5, 0.6) is 0 Å². The van der Waals surface area contributed by atoms with Crippen molar-refractivity contribution in [3.63, 3.8) is 0 Å². The van der Waals surface area contributed by atoms with Crippen LogP contribution >= 0.6 is 0 Å². The molecule has 1 aliphatic heterocycles. The fourth-order valence-corrected chi connectivity index (χ4v) is 3.65. The number of amides is 1. The van der Waals surface area contributed by atoms with Gasteiger partial charge in [0.2, 0.25) is 0 Å². The zero-order valence-corrected chi connectivity index (χ0v) is 16.7. The monoisotopic (exact) mass is 346 g/mol. The molecule has 1 saturated heterocycles. The molecule has 0 bridgehead atoms. The van der Waals surface area contributed by atoms with Gasteiger partial charge in [-0.1, -0.05) is 32.9 Å². The average Bonchev–Trinajstić information content (AvgIpc) is 2.56. The van der Waals surface area contributed by atoms with Crippen molar-refractivity contribution in [1.29, 1.82) is 0 Å². The molecule has 25 heavy (non-hydrogen) atoms. The first-order valence-electron chi connectivity index (χ1n) is 9.38. The lowest BCUT2D eigenvalue weighted by atomic mass is 9.86. The Hall–Kier alpha value is -1.39. The summed E-state index contributed by atoms with van der Waals surface area (Å²) >= 11 is 0. The van der Waals surface area contributed by atoms with E-state index in [9.17, 15) is 4.79 Å². The van der Waals surface area contributed by atoms with Crippen LogP contribution in [-0.4, -0.2) is 61.1 Å². The molecule has 1 aromatic carbocycles. The number of ether oxygens (including phenoxy) is 1. The van der Waals surface area contributed by atoms with Crippen LogP contribution in [0.4, 0.5) is 0 Å². The van der Waals surface area contributed by atoms with Crippen molar-refractivity contribution in [1.82, 2.24) is 9.80 Å². The van der Waals surface area contributed by atoms with Crippen LogP contribution in [0.25, 0.3) is 0 Å². The molecule has 1 aliphatic rings. The molecule has 4 nitrogen and oxygen atoms in total. The van der Waals surface area contributed by atoms with Crippen LogP contribution in [0, 0.1) is 0 Å². The molecule has 0 spiro atoms. The Morgan fingerprint density at radius 1 is 1.12 bits per heavy atom. The first-order chi connectivity index (χ1) is 11.7. The number of carbonyl (C=O) groups excluding carboxylic acids is 1. The molecule has 1 heterocycles. The third kappa shape index (κ3) is 5.05. The summed E-state index contributed by atoms with van der Waals surface area (Å²) in [4.78, 5) is 17.4. The second-order valence-corrected chi connectivity index (χ2v) is 8.32. The van der Waals surface area contributed by atoms with E-state index in [-0.39, 0.29) is 11.3 Å². The van der Waals surface area contributed by atoms with Gasteiger partial charge in [0.05, 0.1) is 0 Å². The van der Waals surface area contributed by atoms with Crippen LogP contribution in [0.1, 0.15) is 57.0 Å². The maximum Gasteiger partial charge on any atom is 0.253 e. The molecule has 1 fully saturated rings. The average molecular weight is 347 g/mol. The first-order valence-corrected chi connectivity index (χ1v) is 9.38. The molecular weight excluding hydrogens is 312 g/mol. The molecule has 0 radical (unpaired) electrons. The SMILES string of the molecule is COCCCN1C(C)CN(C(=O)c2ccc(C(C)(C)C)cc2)CC1C. The maximum absolute atomic E-state index is 12.9. The van der Waals surface area contributed by atoms with Gasteiger partial charge in [0.15, 0.2) is 0 Å². The summed E-state index contributed by atoms with van der Waals surface area (Å²) in [7, 11) is 1.74. The van der Waals surface area contributed by atoms with E-state index in [2.05, 4.69) is 51.7 Å². The number of rotatable bonds is 5. The summed E-state index contributed by atoms with van der Waals surface area (Å²) in [6.45, 7) is 14.4. The Labute approximate surface area is 153 Å². The smallest absolute Gasteiger partial charge is 0.253 e. The first kappa shape index (κ1) is 19.9. The van der Waals surface area contributed by atoms with Crippen molar-refractivity contribution < 1.29 is 9.53 Å². The van der Waals surface area contributed by atoms with Gasteiger partial charge in [-0.05, 0) is 43.4 Å². The molecular formula is C21H34N2O2. The second kappa shape index (κ2) is 8.33. The van der Waals surface area contributed by atoms with E-state index in [4.69, 9.17) is 4.74 Å². The van der Waals surface area contributed by atoms with Crippen molar-refractivity contribution in [2.45, 2.75) is 58.5 Å². The van der Waals surface area contributed by atoms with E-state index in [1.165, 1.54) is 5.56 Å². The number of methoxy groups -OCH3 is 1. The van der Waals surface area contributed by atoms with Gasteiger partial charge in [-0.25, -0.2) is 0 Å². The van der Waals surface area contributed by atoms with E-state index in [1.54, 1.807) is 7.11 Å². The highest BCUT2D eigenvalue weighted by Gasteiger charge is 2.31. The van der Waals surface area contributed by atoms with Crippen molar-refractivity contribution in [2.75, 3.05) is 33.4 Å². The van der Waals surface area contributed by atoms with Crippen LogP contribution in [-0.2, 0) is 10.2 Å². The third-order valence-electron chi connectivity index (χ3n) is 5.15. The summed E-state index contributed by atoms with van der Waals surface area (Å²) in [5.74, 6) is 0.149. The topological polar surface area (TPSA) is 32.8 Å². The minimum atomic E-state index is 0.110. The van der Waals surface area contributed by atoms with Gasteiger partial charge < -0.3 is 9.64 Å². The van der Waals surface area contributed by atoms with E-state index >= 15 is 0 Å². The van der Waals surface area contributed by atoms with Gasteiger partial charge in [-0.2, -0.15) is 0 Å². The lowest BCUT2D eigenvalue weighted by Crippen LogP contribution is -2.58. The predicted molar refractivity (Wildman–Crippen MR) is 103 cm³/mol. The zero-order chi connectivity index (χ0) is 18.6.